The Morgan fingerprint density at radius 3 is 2.58 bits per heavy atom. The van der Waals surface area contributed by atoms with Crippen molar-refractivity contribution < 1.29 is 22.7 Å². The number of aromatic amines is 1. The fourth-order valence-corrected chi connectivity index (χ4v) is 2.32. The summed E-state index contributed by atoms with van der Waals surface area (Å²) in [6.45, 7) is -3.16. The number of hydrogen-bond donors (Lipinski definition) is 2. The van der Waals surface area contributed by atoms with Crippen LogP contribution in [-0.2, 0) is 0 Å². The lowest BCUT2D eigenvalue weighted by atomic mass is 10.1. The maximum Gasteiger partial charge on any atom is 0.387 e. The van der Waals surface area contributed by atoms with Gasteiger partial charge in [0.1, 0.15) is 11.5 Å². The fourth-order valence-electron chi connectivity index (χ4n) is 2.19. The molecule has 0 unspecified atom stereocenters. The lowest BCUT2D eigenvalue weighted by Gasteiger charge is -2.11. The number of nitrogens with one attached hydrogen (secondary N) is 2. The number of benzene rings is 2. The van der Waals surface area contributed by atoms with Crippen molar-refractivity contribution in [3.8, 4) is 17.0 Å². The number of rotatable bonds is 5. The minimum Gasteiger partial charge on any atom is -0.432 e. The van der Waals surface area contributed by atoms with Gasteiger partial charge in [0, 0.05) is 16.7 Å². The van der Waals surface area contributed by atoms with Crippen molar-refractivity contribution in [2.24, 2.45) is 0 Å². The van der Waals surface area contributed by atoms with E-state index in [0.29, 0.717) is 10.7 Å². The van der Waals surface area contributed by atoms with Crippen LogP contribution in [0.4, 0.5) is 18.9 Å². The predicted molar refractivity (Wildman–Crippen MR) is 90.0 cm³/mol. The first-order valence-electron chi connectivity index (χ1n) is 7.29. The average molecular weight is 382 g/mol. The van der Waals surface area contributed by atoms with Gasteiger partial charge in [-0.15, -0.1) is 0 Å². The normalized spacial score (nSPS) is 10.8. The Morgan fingerprint density at radius 1 is 1.15 bits per heavy atom. The highest BCUT2D eigenvalue weighted by Gasteiger charge is 2.16. The first-order valence-corrected chi connectivity index (χ1v) is 7.67. The zero-order valence-electron chi connectivity index (χ0n) is 13.0. The fraction of sp³-hybridized carbons (Fsp3) is 0.0588. The minimum absolute atomic E-state index is 0.0854. The van der Waals surface area contributed by atoms with Crippen LogP contribution >= 0.6 is 11.6 Å². The Balaban J connectivity index is 1.80. The van der Waals surface area contributed by atoms with Crippen LogP contribution in [0.15, 0.2) is 48.5 Å². The smallest absolute Gasteiger partial charge is 0.387 e. The van der Waals surface area contributed by atoms with Crippen molar-refractivity contribution in [3.63, 3.8) is 0 Å². The van der Waals surface area contributed by atoms with Crippen molar-refractivity contribution in [1.29, 1.82) is 0 Å². The largest absolute Gasteiger partial charge is 0.432 e. The third-order valence-corrected chi connectivity index (χ3v) is 3.62. The van der Waals surface area contributed by atoms with Gasteiger partial charge >= 0.3 is 6.61 Å². The van der Waals surface area contributed by atoms with E-state index in [1.54, 1.807) is 24.3 Å². The number of anilines is 1. The molecule has 26 heavy (non-hydrogen) atoms. The summed E-state index contributed by atoms with van der Waals surface area (Å²) in [7, 11) is 0. The zero-order chi connectivity index (χ0) is 18.7. The first kappa shape index (κ1) is 17.8. The van der Waals surface area contributed by atoms with Crippen molar-refractivity contribution >= 4 is 23.2 Å². The maximum absolute atomic E-state index is 13.2. The molecule has 1 amide bonds. The Labute approximate surface area is 150 Å². The molecule has 2 aromatic carbocycles. The molecule has 2 N–H and O–H groups in total. The van der Waals surface area contributed by atoms with Crippen LogP contribution in [0.3, 0.4) is 0 Å². The van der Waals surface area contributed by atoms with E-state index in [2.05, 4.69) is 20.3 Å². The second-order valence-corrected chi connectivity index (χ2v) is 5.58. The quantitative estimate of drug-likeness (QED) is 0.671. The van der Waals surface area contributed by atoms with Crippen LogP contribution in [0.25, 0.3) is 11.3 Å². The summed E-state index contributed by atoms with van der Waals surface area (Å²) in [5.74, 6) is -1.90. The molecular weight excluding hydrogens is 371 g/mol. The Morgan fingerprint density at radius 2 is 1.88 bits per heavy atom. The lowest BCUT2D eigenvalue weighted by Crippen LogP contribution is -2.14. The molecule has 0 atom stereocenters. The molecule has 0 saturated carbocycles. The summed E-state index contributed by atoms with van der Waals surface area (Å²) in [6.07, 6.45) is 0. The number of aromatic nitrogens is 2. The van der Waals surface area contributed by atoms with E-state index in [-0.39, 0.29) is 11.4 Å². The number of alkyl halides is 2. The number of halogens is 4. The molecule has 0 spiro atoms. The van der Waals surface area contributed by atoms with Gasteiger partial charge < -0.3 is 10.1 Å². The van der Waals surface area contributed by atoms with E-state index in [0.717, 1.165) is 23.8 Å². The van der Waals surface area contributed by atoms with Gasteiger partial charge in [0.15, 0.2) is 5.75 Å². The molecule has 134 valence electrons. The molecule has 5 nitrogen and oxygen atoms in total. The number of ether oxygens (including phenoxy) is 1. The van der Waals surface area contributed by atoms with E-state index >= 15 is 0 Å². The van der Waals surface area contributed by atoms with E-state index in [1.165, 1.54) is 6.07 Å². The summed E-state index contributed by atoms with van der Waals surface area (Å²) in [5, 5.41) is 9.51. The molecule has 1 aromatic heterocycles. The Hall–Kier alpha value is -3.00. The topological polar surface area (TPSA) is 67.0 Å². The molecule has 0 aliphatic heterocycles. The highest BCUT2D eigenvalue weighted by Crippen LogP contribution is 2.28. The van der Waals surface area contributed by atoms with Crippen molar-refractivity contribution in [3.05, 3.63) is 65.1 Å². The highest BCUT2D eigenvalue weighted by atomic mass is 35.5. The van der Waals surface area contributed by atoms with Crippen LogP contribution in [-0.4, -0.2) is 22.7 Å². The van der Waals surface area contributed by atoms with E-state index in [4.69, 9.17) is 11.6 Å². The average Bonchev–Trinajstić information content (AvgIpc) is 3.07. The molecule has 0 radical (unpaired) electrons. The molecule has 9 heteroatoms. The van der Waals surface area contributed by atoms with Gasteiger partial charge in [0.05, 0.1) is 11.4 Å². The minimum atomic E-state index is -3.16. The zero-order valence-corrected chi connectivity index (χ0v) is 13.7. The molecular formula is C17H11ClF3N3O2. The molecule has 3 rings (SSSR count). The third-order valence-electron chi connectivity index (χ3n) is 3.37. The monoisotopic (exact) mass is 381 g/mol. The van der Waals surface area contributed by atoms with Gasteiger partial charge in [0.25, 0.3) is 5.91 Å². The number of carbonyl (C=O) groups is 1. The first-order chi connectivity index (χ1) is 12.4. The number of amides is 1. The van der Waals surface area contributed by atoms with Crippen molar-refractivity contribution in [2.45, 2.75) is 6.61 Å². The van der Waals surface area contributed by atoms with E-state index < -0.39 is 24.1 Å². The van der Waals surface area contributed by atoms with Crippen LogP contribution < -0.4 is 10.1 Å². The van der Waals surface area contributed by atoms with Crippen LogP contribution in [0.2, 0.25) is 5.02 Å². The highest BCUT2D eigenvalue weighted by molar-refractivity contribution is 6.30. The van der Waals surface area contributed by atoms with Gasteiger partial charge in [-0.3, -0.25) is 9.89 Å². The molecule has 0 aliphatic carbocycles. The summed E-state index contributed by atoms with van der Waals surface area (Å²) >= 11 is 5.82. The maximum atomic E-state index is 13.2. The third kappa shape index (κ3) is 4.15. The second-order valence-electron chi connectivity index (χ2n) is 5.15. The molecule has 3 aromatic rings. The molecule has 0 aliphatic rings. The number of carbonyl (C=O) groups excluding carboxylic acids is 1. The summed E-state index contributed by atoms with van der Waals surface area (Å²) in [5.41, 5.74) is 1.21. The lowest BCUT2D eigenvalue weighted by molar-refractivity contribution is -0.0495. The van der Waals surface area contributed by atoms with Crippen LogP contribution in [0.5, 0.6) is 5.75 Å². The molecule has 0 fully saturated rings. The van der Waals surface area contributed by atoms with Crippen molar-refractivity contribution in [1.82, 2.24) is 10.2 Å². The second kappa shape index (κ2) is 7.49. The Kier molecular flexibility index (Phi) is 5.13. The SMILES string of the molecule is O=C(Nc1ccc(F)cc1OC(F)F)c1cc(-c2ccc(Cl)cc2)n[nH]1. The van der Waals surface area contributed by atoms with E-state index in [1.807, 2.05) is 0 Å². The van der Waals surface area contributed by atoms with Gasteiger partial charge in [0.2, 0.25) is 0 Å². The van der Waals surface area contributed by atoms with Gasteiger partial charge in [-0.1, -0.05) is 23.7 Å². The van der Waals surface area contributed by atoms with Gasteiger partial charge in [-0.25, -0.2) is 4.39 Å². The standard InChI is InChI=1S/C17H11ClF3N3O2/c18-10-3-1-9(2-4-10)13-8-14(24-23-13)16(25)22-12-6-5-11(19)7-15(12)26-17(20)21/h1-8,17H,(H,22,25)(H,23,24). The molecule has 0 saturated heterocycles. The van der Waals surface area contributed by atoms with E-state index in [9.17, 15) is 18.0 Å². The summed E-state index contributed by atoms with van der Waals surface area (Å²) in [4.78, 5) is 12.3. The van der Waals surface area contributed by atoms with Crippen LogP contribution in [0.1, 0.15) is 10.5 Å². The number of hydrogen-bond acceptors (Lipinski definition) is 3. The van der Waals surface area contributed by atoms with Gasteiger partial charge in [-0.05, 0) is 30.3 Å². The summed E-state index contributed by atoms with van der Waals surface area (Å²) in [6, 6.07) is 11.2. The summed E-state index contributed by atoms with van der Waals surface area (Å²) < 4.78 is 42.3. The molecule has 0 bridgehead atoms. The van der Waals surface area contributed by atoms with Crippen LogP contribution in [0, 0.1) is 5.82 Å². The predicted octanol–water partition coefficient (Wildman–Crippen LogP) is 4.72. The van der Waals surface area contributed by atoms with Gasteiger partial charge in [-0.2, -0.15) is 13.9 Å². The number of nitrogens with zero attached hydrogens (tertiary/aromatic N) is 1. The molecule has 1 heterocycles. The Bertz CT molecular complexity index is 929. The van der Waals surface area contributed by atoms with Crippen molar-refractivity contribution in [2.75, 3.05) is 5.32 Å². The number of H-pyrrole nitrogens is 1.